The zero-order valence-corrected chi connectivity index (χ0v) is 12.8. The number of hydrogen-bond acceptors (Lipinski definition) is 11. The third-order valence-electron chi connectivity index (χ3n) is 4.44. The molecule has 0 aromatic rings. The Kier molecular flexibility index (Phi) is 6.87. The van der Waals surface area contributed by atoms with Crippen LogP contribution in [0.3, 0.4) is 0 Å². The van der Waals surface area contributed by atoms with Crippen molar-refractivity contribution in [2.45, 2.75) is 61.1 Å². The molecule has 2 heterocycles. The van der Waals surface area contributed by atoms with Crippen molar-refractivity contribution in [3.63, 3.8) is 0 Å². The van der Waals surface area contributed by atoms with E-state index in [1.54, 1.807) is 0 Å². The Morgan fingerprint density at radius 1 is 0.708 bits per heavy atom. The summed E-state index contributed by atoms with van der Waals surface area (Å²) in [6.45, 7) is -1.39. The second-order valence-corrected chi connectivity index (χ2v) is 6.06. The largest absolute Gasteiger partial charge is 0.395 e. The van der Waals surface area contributed by atoms with E-state index in [0.717, 1.165) is 0 Å². The summed E-state index contributed by atoms with van der Waals surface area (Å²) in [6.07, 6.45) is -11.5. The molecule has 9 N–H and O–H groups in total. The van der Waals surface area contributed by atoms with Crippen LogP contribution in [0.5, 0.6) is 0 Å². The molecule has 24 heavy (non-hydrogen) atoms. The van der Waals surface area contributed by atoms with Crippen LogP contribution in [0.4, 0.5) is 0 Å². The first kappa shape index (κ1) is 19.9. The summed E-state index contributed by atoms with van der Waals surface area (Å²) >= 11 is 0. The van der Waals surface area contributed by atoms with Gasteiger partial charge in [-0.05, 0) is 0 Å². The Morgan fingerprint density at radius 3 is 1.88 bits per heavy atom. The minimum absolute atomic E-state index is 0.301. The summed E-state index contributed by atoms with van der Waals surface area (Å²) in [5, 5.41) is 79.6. The summed E-state index contributed by atoms with van der Waals surface area (Å²) in [6, 6.07) is -1.78. The molecule has 0 spiro atoms. The Hall–Kier alpha value is -0.440. The molecule has 0 saturated carbocycles. The molecule has 0 radical (unpaired) electrons. The number of aliphatic hydroxyl groups excluding tert-OH is 8. The lowest BCUT2D eigenvalue weighted by molar-refractivity contribution is -0.304. The van der Waals surface area contributed by atoms with Gasteiger partial charge in [-0.1, -0.05) is 0 Å². The zero-order chi connectivity index (χ0) is 18.0. The number of piperidine rings is 1. The minimum atomic E-state index is -1.59. The molecular formula is C13H25NO10. The predicted molar refractivity (Wildman–Crippen MR) is 75.5 cm³/mol. The van der Waals surface area contributed by atoms with Crippen molar-refractivity contribution >= 4 is 0 Å². The molecule has 11 heteroatoms. The van der Waals surface area contributed by atoms with Crippen molar-refractivity contribution < 1.29 is 50.3 Å². The molecule has 0 aliphatic carbocycles. The van der Waals surface area contributed by atoms with Gasteiger partial charge >= 0.3 is 0 Å². The molecule has 0 unspecified atom stereocenters. The molecule has 0 aromatic carbocycles. The van der Waals surface area contributed by atoms with Gasteiger partial charge in [0.15, 0.2) is 6.29 Å². The molecule has 11 nitrogen and oxygen atoms in total. The first-order valence-electron chi connectivity index (χ1n) is 7.65. The van der Waals surface area contributed by atoms with E-state index in [-0.39, 0.29) is 6.61 Å². The molecule has 2 fully saturated rings. The maximum absolute atomic E-state index is 9.94. The van der Waals surface area contributed by atoms with E-state index in [9.17, 15) is 30.6 Å². The van der Waals surface area contributed by atoms with E-state index in [1.165, 1.54) is 0 Å². The zero-order valence-electron chi connectivity index (χ0n) is 12.8. The molecule has 142 valence electrons. The van der Waals surface area contributed by atoms with Crippen LogP contribution in [0.1, 0.15) is 0 Å². The fraction of sp³-hybridized carbons (Fsp3) is 1.00. The smallest absolute Gasteiger partial charge is 0.186 e. The second-order valence-electron chi connectivity index (χ2n) is 6.06. The summed E-state index contributed by atoms with van der Waals surface area (Å²) in [5.74, 6) is 0. The molecule has 0 aromatic heterocycles. The number of aliphatic hydroxyl groups is 8. The second kappa shape index (κ2) is 8.29. The Bertz CT molecular complexity index is 361. The van der Waals surface area contributed by atoms with Crippen LogP contribution in [0.15, 0.2) is 0 Å². The Balaban J connectivity index is 1.96. The Morgan fingerprint density at radius 2 is 1.29 bits per heavy atom. The molecule has 2 saturated heterocycles. The van der Waals surface area contributed by atoms with Crippen LogP contribution in [-0.2, 0) is 9.47 Å². The highest BCUT2D eigenvalue weighted by Crippen LogP contribution is 2.23. The van der Waals surface area contributed by atoms with Gasteiger partial charge < -0.3 is 55.6 Å². The molecule has 2 aliphatic rings. The minimum Gasteiger partial charge on any atom is -0.395 e. The lowest BCUT2D eigenvalue weighted by atomic mass is 9.91. The van der Waals surface area contributed by atoms with Crippen molar-refractivity contribution in [2.24, 2.45) is 0 Å². The summed E-state index contributed by atoms with van der Waals surface area (Å²) < 4.78 is 10.4. The third-order valence-corrected chi connectivity index (χ3v) is 4.44. The van der Waals surface area contributed by atoms with E-state index in [2.05, 4.69) is 5.32 Å². The maximum atomic E-state index is 9.94. The molecule has 2 aliphatic heterocycles. The summed E-state index contributed by atoms with van der Waals surface area (Å²) in [7, 11) is 0. The highest BCUT2D eigenvalue weighted by atomic mass is 16.7. The van der Waals surface area contributed by atoms with Crippen molar-refractivity contribution in [3.05, 3.63) is 0 Å². The topological polar surface area (TPSA) is 192 Å². The standard InChI is InChI=1S/C13H25NO10/c15-1-4-7(17)10(20)8(18)5(14-4)3-23-13-12(22)11(21)9(19)6(2-16)24-13/h4-22H,1-3H2/t4-,5-,6-,7-,8+,9-,10+,11+,12-,13+/m1/s1. The van der Waals surface area contributed by atoms with E-state index in [1.807, 2.05) is 0 Å². The fourth-order valence-corrected chi connectivity index (χ4v) is 2.86. The highest BCUT2D eigenvalue weighted by molar-refractivity contribution is 4.98. The first-order valence-corrected chi connectivity index (χ1v) is 7.65. The quantitative estimate of drug-likeness (QED) is 0.228. The molecule has 0 amide bonds. The SMILES string of the molecule is OC[C@H]1N[C@H](CO[C@H]2O[C@H](CO)[C@@H](O)[C@H](O)[C@H]2O)[C@H](O)[C@@H](O)[C@@H]1O. The number of ether oxygens (including phenoxy) is 2. The molecule has 10 atom stereocenters. The molecule has 2 rings (SSSR count). The average Bonchev–Trinajstić information content (AvgIpc) is 2.58. The van der Waals surface area contributed by atoms with Crippen LogP contribution >= 0.6 is 0 Å². The van der Waals surface area contributed by atoms with Crippen molar-refractivity contribution in [2.75, 3.05) is 19.8 Å². The first-order chi connectivity index (χ1) is 11.3. The summed E-state index contributed by atoms with van der Waals surface area (Å²) in [5.41, 5.74) is 0. The van der Waals surface area contributed by atoms with E-state index in [0.29, 0.717) is 0 Å². The lowest BCUT2D eigenvalue weighted by Crippen LogP contribution is -2.67. The number of nitrogens with one attached hydrogen (secondary N) is 1. The van der Waals surface area contributed by atoms with Crippen LogP contribution in [0.2, 0.25) is 0 Å². The van der Waals surface area contributed by atoms with E-state index >= 15 is 0 Å². The maximum Gasteiger partial charge on any atom is 0.186 e. The van der Waals surface area contributed by atoms with Crippen LogP contribution in [0, 0.1) is 0 Å². The van der Waals surface area contributed by atoms with Gasteiger partial charge in [-0.15, -0.1) is 0 Å². The van der Waals surface area contributed by atoms with Crippen molar-refractivity contribution in [1.82, 2.24) is 5.32 Å². The number of rotatable bonds is 5. The fourth-order valence-electron chi connectivity index (χ4n) is 2.86. The number of hydrogen-bond donors (Lipinski definition) is 9. The Labute approximate surface area is 137 Å². The van der Waals surface area contributed by atoms with Crippen LogP contribution < -0.4 is 5.32 Å². The highest BCUT2D eigenvalue weighted by Gasteiger charge is 2.46. The van der Waals surface area contributed by atoms with Crippen molar-refractivity contribution in [1.29, 1.82) is 0 Å². The average molecular weight is 355 g/mol. The van der Waals surface area contributed by atoms with Crippen LogP contribution in [0.25, 0.3) is 0 Å². The van der Waals surface area contributed by atoms with Gasteiger partial charge in [-0.2, -0.15) is 0 Å². The van der Waals surface area contributed by atoms with Gasteiger partial charge in [0, 0.05) is 0 Å². The van der Waals surface area contributed by atoms with Crippen molar-refractivity contribution in [3.8, 4) is 0 Å². The van der Waals surface area contributed by atoms with Gasteiger partial charge in [-0.3, -0.25) is 0 Å². The van der Waals surface area contributed by atoms with E-state index in [4.69, 9.17) is 19.7 Å². The van der Waals surface area contributed by atoms with Gasteiger partial charge in [0.25, 0.3) is 0 Å². The van der Waals surface area contributed by atoms with Gasteiger partial charge in [-0.25, -0.2) is 0 Å². The normalized spacial score (nSPS) is 50.0. The molecule has 0 bridgehead atoms. The van der Waals surface area contributed by atoms with Gasteiger partial charge in [0.2, 0.25) is 0 Å². The predicted octanol–water partition coefficient (Wildman–Crippen LogP) is -5.78. The third kappa shape index (κ3) is 3.86. The van der Waals surface area contributed by atoms with E-state index < -0.39 is 74.3 Å². The summed E-state index contributed by atoms with van der Waals surface area (Å²) in [4.78, 5) is 0. The lowest BCUT2D eigenvalue weighted by Gasteiger charge is -2.43. The monoisotopic (exact) mass is 355 g/mol. The van der Waals surface area contributed by atoms with Gasteiger partial charge in [0.05, 0.1) is 44.1 Å². The van der Waals surface area contributed by atoms with Crippen LogP contribution in [-0.4, -0.2) is 122 Å². The van der Waals surface area contributed by atoms with Gasteiger partial charge in [0.1, 0.15) is 30.5 Å². The molecular weight excluding hydrogens is 330 g/mol.